The lowest BCUT2D eigenvalue weighted by Gasteiger charge is -1.98. The highest BCUT2D eigenvalue weighted by Gasteiger charge is 2.05. The Kier molecular flexibility index (Phi) is 2.40. The van der Waals surface area contributed by atoms with Crippen molar-refractivity contribution in [1.29, 1.82) is 0 Å². The molecule has 60 valence electrons. The normalized spacial score (nSPS) is 10.0. The topological polar surface area (TPSA) is 58.3 Å². The smallest absolute Gasteiger partial charge is 0.0994 e. The summed E-state index contributed by atoms with van der Waals surface area (Å²) in [6.45, 7) is 3.22. The van der Waals surface area contributed by atoms with Crippen LogP contribution in [-0.4, -0.2) is 19.8 Å². The molecule has 4 nitrogen and oxygen atoms in total. The van der Waals surface area contributed by atoms with Gasteiger partial charge < -0.3 is 14.8 Å². The molecule has 0 atom stereocenters. The molecule has 0 saturated heterocycles. The van der Waals surface area contributed by atoms with Gasteiger partial charge in [0.25, 0.3) is 0 Å². The summed E-state index contributed by atoms with van der Waals surface area (Å²) in [6.07, 6.45) is 3.03. The van der Waals surface area contributed by atoms with Crippen molar-refractivity contribution in [3.63, 3.8) is 0 Å². The van der Waals surface area contributed by atoms with E-state index in [0.717, 1.165) is 0 Å². The Morgan fingerprint density at radius 2 is 2.27 bits per heavy atom. The summed E-state index contributed by atoms with van der Waals surface area (Å²) in [5.41, 5.74) is 1.08. The molecule has 1 heterocycles. The predicted molar refractivity (Wildman–Crippen MR) is 40.5 cm³/mol. The fourth-order valence-corrected chi connectivity index (χ4v) is 0.887. The Balaban J connectivity index is 3.08. The lowest BCUT2D eigenvalue weighted by molar-refractivity contribution is 0.253. The third kappa shape index (κ3) is 1.31. The number of nitrogens with zero attached hydrogens (tertiary/aromatic N) is 2. The highest BCUT2D eigenvalue weighted by molar-refractivity contribution is 5.25. The zero-order chi connectivity index (χ0) is 8.27. The first-order chi connectivity index (χ1) is 5.33. The third-order valence-electron chi connectivity index (χ3n) is 1.48. The van der Waals surface area contributed by atoms with Gasteiger partial charge in [-0.05, 0) is 0 Å². The first-order valence-corrected chi connectivity index (χ1v) is 3.22. The zero-order valence-corrected chi connectivity index (χ0v) is 6.06. The van der Waals surface area contributed by atoms with Gasteiger partial charge in [0.05, 0.1) is 30.9 Å². The fourth-order valence-electron chi connectivity index (χ4n) is 0.887. The second-order valence-corrected chi connectivity index (χ2v) is 2.04. The highest BCUT2D eigenvalue weighted by atomic mass is 16.3. The molecule has 1 aromatic heterocycles. The molecule has 4 heteroatoms. The first-order valence-electron chi connectivity index (χ1n) is 3.22. The van der Waals surface area contributed by atoms with Crippen LogP contribution in [0.15, 0.2) is 12.9 Å². The van der Waals surface area contributed by atoms with E-state index in [1.807, 2.05) is 0 Å². The first kappa shape index (κ1) is 7.97. The average molecular weight is 154 g/mol. The van der Waals surface area contributed by atoms with Crippen molar-refractivity contribution >= 4 is 6.20 Å². The van der Waals surface area contributed by atoms with Crippen LogP contribution in [0.1, 0.15) is 11.4 Å². The Bertz CT molecular complexity index is 255. The standard InChI is InChI=1S/C7H10N2O2/c1-2-9-5-8-6(3-10)7(9)4-11/h2,5,10-11H,1,3-4H2. The molecule has 1 rings (SSSR count). The molecule has 0 fully saturated rings. The maximum Gasteiger partial charge on any atom is 0.0994 e. The van der Waals surface area contributed by atoms with Crippen molar-refractivity contribution in [2.24, 2.45) is 0 Å². The molecular weight excluding hydrogens is 144 g/mol. The number of rotatable bonds is 3. The van der Waals surface area contributed by atoms with E-state index in [2.05, 4.69) is 11.6 Å². The van der Waals surface area contributed by atoms with Crippen LogP contribution in [0.3, 0.4) is 0 Å². The van der Waals surface area contributed by atoms with Gasteiger partial charge in [0.15, 0.2) is 0 Å². The van der Waals surface area contributed by atoms with E-state index in [9.17, 15) is 0 Å². The Labute approximate surface area is 64.4 Å². The van der Waals surface area contributed by atoms with E-state index in [1.165, 1.54) is 12.5 Å². The molecule has 1 aromatic rings. The quantitative estimate of drug-likeness (QED) is 0.642. The van der Waals surface area contributed by atoms with Crippen molar-refractivity contribution in [2.45, 2.75) is 13.2 Å². The van der Waals surface area contributed by atoms with Crippen LogP contribution in [0, 0.1) is 0 Å². The van der Waals surface area contributed by atoms with Crippen LogP contribution in [0.25, 0.3) is 6.20 Å². The number of hydrogen-bond donors (Lipinski definition) is 2. The minimum absolute atomic E-state index is 0.137. The van der Waals surface area contributed by atoms with Gasteiger partial charge in [-0.25, -0.2) is 4.98 Å². The molecule has 0 radical (unpaired) electrons. The van der Waals surface area contributed by atoms with E-state index in [0.29, 0.717) is 11.4 Å². The van der Waals surface area contributed by atoms with Gasteiger partial charge in [-0.1, -0.05) is 6.58 Å². The Hall–Kier alpha value is -1.13. The molecule has 0 aliphatic rings. The summed E-state index contributed by atoms with van der Waals surface area (Å²) in [7, 11) is 0. The summed E-state index contributed by atoms with van der Waals surface area (Å²) >= 11 is 0. The molecule has 0 aliphatic carbocycles. The van der Waals surface area contributed by atoms with Gasteiger partial charge in [0.1, 0.15) is 0 Å². The lowest BCUT2D eigenvalue weighted by atomic mass is 10.3. The van der Waals surface area contributed by atoms with Crippen LogP contribution < -0.4 is 0 Å². The number of imidazole rings is 1. The minimum Gasteiger partial charge on any atom is -0.390 e. The summed E-state index contributed by atoms with van der Waals surface area (Å²) < 4.78 is 1.57. The lowest BCUT2D eigenvalue weighted by Crippen LogP contribution is -1.97. The van der Waals surface area contributed by atoms with E-state index in [1.54, 1.807) is 4.57 Å². The summed E-state index contributed by atoms with van der Waals surface area (Å²) in [4.78, 5) is 3.86. The Morgan fingerprint density at radius 1 is 1.55 bits per heavy atom. The summed E-state index contributed by atoms with van der Waals surface area (Å²) in [6, 6.07) is 0. The fraction of sp³-hybridized carbons (Fsp3) is 0.286. The number of hydrogen-bond acceptors (Lipinski definition) is 3. The summed E-state index contributed by atoms with van der Waals surface area (Å²) in [5, 5.41) is 17.6. The van der Waals surface area contributed by atoms with Crippen LogP contribution in [0.5, 0.6) is 0 Å². The van der Waals surface area contributed by atoms with Gasteiger partial charge >= 0.3 is 0 Å². The van der Waals surface area contributed by atoms with Crippen molar-refractivity contribution in [1.82, 2.24) is 9.55 Å². The second kappa shape index (κ2) is 3.32. The molecule has 0 aliphatic heterocycles. The van der Waals surface area contributed by atoms with Gasteiger partial charge in [0, 0.05) is 6.20 Å². The summed E-state index contributed by atoms with van der Waals surface area (Å²) in [5.74, 6) is 0. The van der Waals surface area contributed by atoms with Gasteiger partial charge in [-0.15, -0.1) is 0 Å². The largest absolute Gasteiger partial charge is 0.390 e. The van der Waals surface area contributed by atoms with E-state index < -0.39 is 0 Å². The maximum absolute atomic E-state index is 8.83. The van der Waals surface area contributed by atoms with Crippen molar-refractivity contribution in [3.05, 3.63) is 24.3 Å². The van der Waals surface area contributed by atoms with Gasteiger partial charge in [0.2, 0.25) is 0 Å². The molecule has 0 spiro atoms. The molecule has 2 N–H and O–H groups in total. The van der Waals surface area contributed by atoms with E-state index in [4.69, 9.17) is 10.2 Å². The molecule has 0 amide bonds. The van der Waals surface area contributed by atoms with Gasteiger partial charge in [-0.2, -0.15) is 0 Å². The van der Waals surface area contributed by atoms with Crippen molar-refractivity contribution < 1.29 is 10.2 Å². The molecule has 11 heavy (non-hydrogen) atoms. The van der Waals surface area contributed by atoms with Crippen LogP contribution >= 0.6 is 0 Å². The molecule has 0 bridgehead atoms. The third-order valence-corrected chi connectivity index (χ3v) is 1.48. The highest BCUT2D eigenvalue weighted by Crippen LogP contribution is 2.07. The van der Waals surface area contributed by atoms with E-state index in [-0.39, 0.29) is 13.2 Å². The van der Waals surface area contributed by atoms with E-state index >= 15 is 0 Å². The van der Waals surface area contributed by atoms with Gasteiger partial charge in [-0.3, -0.25) is 0 Å². The monoisotopic (exact) mass is 154 g/mol. The van der Waals surface area contributed by atoms with Crippen molar-refractivity contribution in [2.75, 3.05) is 0 Å². The number of aliphatic hydroxyl groups excluding tert-OH is 2. The molecule has 0 unspecified atom stereocenters. The Morgan fingerprint density at radius 3 is 2.73 bits per heavy atom. The van der Waals surface area contributed by atoms with Crippen LogP contribution in [0.4, 0.5) is 0 Å². The SMILES string of the molecule is C=Cn1cnc(CO)c1CO. The number of aromatic nitrogens is 2. The maximum atomic E-state index is 8.83. The molecule has 0 saturated carbocycles. The van der Waals surface area contributed by atoms with Crippen LogP contribution in [0.2, 0.25) is 0 Å². The second-order valence-electron chi connectivity index (χ2n) is 2.04. The number of aliphatic hydroxyl groups is 2. The molecular formula is C7H10N2O2. The minimum atomic E-state index is -0.156. The average Bonchev–Trinajstić information content (AvgIpc) is 2.45. The molecule has 0 aromatic carbocycles. The van der Waals surface area contributed by atoms with Crippen LogP contribution in [-0.2, 0) is 13.2 Å². The predicted octanol–water partition coefficient (Wildman–Crippen LogP) is -0.0318. The zero-order valence-electron chi connectivity index (χ0n) is 6.06. The van der Waals surface area contributed by atoms with Crippen molar-refractivity contribution in [3.8, 4) is 0 Å².